The Labute approximate surface area is 169 Å². The topological polar surface area (TPSA) is 45.1 Å². The number of aromatic nitrogens is 1. The molecule has 0 spiro atoms. The summed E-state index contributed by atoms with van der Waals surface area (Å²) in [4.78, 5) is 4.79. The molecular formula is C20H16ClF3N2OS. The number of benzene rings is 2. The van der Waals surface area contributed by atoms with Crippen molar-refractivity contribution in [3.05, 3.63) is 88.3 Å². The molecule has 8 heteroatoms. The molecule has 1 atom stereocenters. The molecule has 0 radical (unpaired) electrons. The molecule has 2 N–H and O–H groups in total. The van der Waals surface area contributed by atoms with Gasteiger partial charge in [-0.3, -0.25) is 0 Å². The van der Waals surface area contributed by atoms with Gasteiger partial charge in [-0.1, -0.05) is 11.6 Å². The van der Waals surface area contributed by atoms with Crippen LogP contribution in [0.4, 0.5) is 19.0 Å². The lowest BCUT2D eigenvalue weighted by Crippen LogP contribution is -2.09. The minimum Gasteiger partial charge on any atom is -0.395 e. The van der Waals surface area contributed by atoms with E-state index in [0.29, 0.717) is 16.3 Å². The molecule has 0 aliphatic rings. The summed E-state index contributed by atoms with van der Waals surface area (Å²) in [6.45, 7) is 0.185. The van der Waals surface area contributed by atoms with E-state index in [4.69, 9.17) is 16.7 Å². The standard InChI is InChI=1S/C20H16ClF3N2OS/c21-17-11-26-19(25-7-8-27)10-15(17)20(16-9-13(23)3-6-18(16)24)28-14-4-1-12(22)2-5-14/h1-6,9-11,20,27H,7-8H2,(H,25,26). The molecule has 3 rings (SSSR count). The van der Waals surface area contributed by atoms with Crippen LogP contribution in [-0.2, 0) is 0 Å². The highest BCUT2D eigenvalue weighted by Crippen LogP contribution is 2.44. The highest BCUT2D eigenvalue weighted by atomic mass is 35.5. The van der Waals surface area contributed by atoms with E-state index in [1.165, 1.54) is 30.1 Å². The SMILES string of the molecule is OCCNc1cc(C(Sc2ccc(F)cc2)c2cc(F)ccc2F)c(Cl)cn1. The van der Waals surface area contributed by atoms with E-state index in [1.54, 1.807) is 18.2 Å². The van der Waals surface area contributed by atoms with Crippen molar-refractivity contribution in [1.82, 2.24) is 4.98 Å². The van der Waals surface area contributed by atoms with Crippen molar-refractivity contribution in [2.75, 3.05) is 18.5 Å². The van der Waals surface area contributed by atoms with Gasteiger partial charge in [-0.25, -0.2) is 18.2 Å². The molecule has 0 aliphatic carbocycles. The Morgan fingerprint density at radius 1 is 1.00 bits per heavy atom. The van der Waals surface area contributed by atoms with Gasteiger partial charge in [0.2, 0.25) is 0 Å². The Kier molecular flexibility index (Phi) is 6.83. The first kappa shape index (κ1) is 20.5. The number of hydrogen-bond donors (Lipinski definition) is 2. The van der Waals surface area contributed by atoms with Gasteiger partial charge in [0.25, 0.3) is 0 Å². The van der Waals surface area contributed by atoms with Crippen molar-refractivity contribution >= 4 is 29.2 Å². The number of pyridine rings is 1. The van der Waals surface area contributed by atoms with Crippen LogP contribution >= 0.6 is 23.4 Å². The Bertz CT molecular complexity index is 957. The van der Waals surface area contributed by atoms with Crippen molar-refractivity contribution in [2.45, 2.75) is 10.1 Å². The molecule has 1 heterocycles. The summed E-state index contributed by atoms with van der Waals surface area (Å²) in [7, 11) is 0. The molecule has 1 unspecified atom stereocenters. The highest BCUT2D eigenvalue weighted by Gasteiger charge is 2.23. The third-order valence-electron chi connectivity index (χ3n) is 3.89. The Balaban J connectivity index is 2.07. The second-order valence-corrected chi connectivity index (χ2v) is 7.44. The molecular weight excluding hydrogens is 409 g/mol. The number of nitrogens with zero attached hydrogens (tertiary/aromatic N) is 1. The normalized spacial score (nSPS) is 12.0. The molecule has 0 saturated heterocycles. The van der Waals surface area contributed by atoms with Gasteiger partial charge in [-0.15, -0.1) is 11.8 Å². The summed E-state index contributed by atoms with van der Waals surface area (Å²) >= 11 is 7.54. The second-order valence-electron chi connectivity index (χ2n) is 5.86. The van der Waals surface area contributed by atoms with E-state index < -0.39 is 22.7 Å². The van der Waals surface area contributed by atoms with Gasteiger partial charge in [0.15, 0.2) is 0 Å². The molecule has 28 heavy (non-hydrogen) atoms. The minimum absolute atomic E-state index is 0.0913. The molecule has 0 bridgehead atoms. The number of halogens is 4. The number of anilines is 1. The van der Waals surface area contributed by atoms with E-state index in [1.807, 2.05) is 0 Å². The number of aliphatic hydroxyl groups excluding tert-OH is 1. The van der Waals surface area contributed by atoms with Crippen molar-refractivity contribution < 1.29 is 18.3 Å². The number of thioether (sulfide) groups is 1. The van der Waals surface area contributed by atoms with E-state index in [9.17, 15) is 13.2 Å². The number of aliphatic hydroxyl groups is 1. The third-order valence-corrected chi connectivity index (χ3v) is 5.50. The van der Waals surface area contributed by atoms with Gasteiger partial charge in [-0.2, -0.15) is 0 Å². The fraction of sp³-hybridized carbons (Fsp3) is 0.150. The third kappa shape index (κ3) is 4.98. The van der Waals surface area contributed by atoms with Gasteiger partial charge in [0, 0.05) is 23.2 Å². The number of nitrogens with one attached hydrogen (secondary N) is 1. The molecule has 3 aromatic rings. The molecule has 0 saturated carbocycles. The molecule has 146 valence electrons. The van der Waals surface area contributed by atoms with Gasteiger partial charge >= 0.3 is 0 Å². The van der Waals surface area contributed by atoms with Crippen molar-refractivity contribution in [3.8, 4) is 0 Å². The summed E-state index contributed by atoms with van der Waals surface area (Å²) in [5.74, 6) is -1.12. The first-order valence-corrected chi connectivity index (χ1v) is 9.61. The zero-order valence-corrected chi connectivity index (χ0v) is 16.1. The molecule has 1 aromatic heterocycles. The maximum Gasteiger partial charge on any atom is 0.128 e. The van der Waals surface area contributed by atoms with Gasteiger partial charge in [0.1, 0.15) is 23.3 Å². The number of hydrogen-bond acceptors (Lipinski definition) is 4. The Morgan fingerprint density at radius 3 is 2.43 bits per heavy atom. The van der Waals surface area contributed by atoms with Gasteiger partial charge in [0.05, 0.1) is 16.9 Å². The van der Waals surface area contributed by atoms with Crippen molar-refractivity contribution in [3.63, 3.8) is 0 Å². The Morgan fingerprint density at radius 2 is 1.71 bits per heavy atom. The summed E-state index contributed by atoms with van der Waals surface area (Å²) in [5, 5.41) is 11.5. The van der Waals surface area contributed by atoms with Crippen molar-refractivity contribution in [1.29, 1.82) is 0 Å². The summed E-state index contributed by atoms with van der Waals surface area (Å²) in [6.07, 6.45) is 1.41. The fourth-order valence-corrected chi connectivity index (χ4v) is 4.07. The van der Waals surface area contributed by atoms with Gasteiger partial charge in [-0.05, 0) is 54.1 Å². The van der Waals surface area contributed by atoms with E-state index >= 15 is 0 Å². The summed E-state index contributed by atoms with van der Waals surface area (Å²) in [5.41, 5.74) is 0.617. The van der Waals surface area contributed by atoms with E-state index in [0.717, 1.165) is 18.2 Å². The average Bonchev–Trinajstić information content (AvgIpc) is 2.69. The number of rotatable bonds is 7. The van der Waals surface area contributed by atoms with Crippen LogP contribution in [0.1, 0.15) is 16.4 Å². The van der Waals surface area contributed by atoms with Crippen molar-refractivity contribution in [2.24, 2.45) is 0 Å². The van der Waals surface area contributed by atoms with Crippen LogP contribution < -0.4 is 5.32 Å². The van der Waals surface area contributed by atoms with Gasteiger partial charge < -0.3 is 10.4 Å². The minimum atomic E-state index is -0.702. The lowest BCUT2D eigenvalue weighted by atomic mass is 10.0. The lowest BCUT2D eigenvalue weighted by molar-refractivity contribution is 0.311. The summed E-state index contributed by atoms with van der Waals surface area (Å²) < 4.78 is 41.7. The predicted octanol–water partition coefficient (Wildman–Crippen LogP) is 5.44. The largest absolute Gasteiger partial charge is 0.395 e. The highest BCUT2D eigenvalue weighted by molar-refractivity contribution is 7.99. The predicted molar refractivity (Wildman–Crippen MR) is 105 cm³/mol. The zero-order chi connectivity index (χ0) is 20.1. The molecule has 0 fully saturated rings. The van der Waals surface area contributed by atoms with E-state index in [-0.39, 0.29) is 23.7 Å². The Hall–Kier alpha value is -2.22. The first-order chi connectivity index (χ1) is 13.5. The van der Waals surface area contributed by atoms with Crippen LogP contribution in [0.3, 0.4) is 0 Å². The smallest absolute Gasteiger partial charge is 0.128 e. The molecule has 0 aliphatic heterocycles. The molecule has 2 aromatic carbocycles. The van der Waals surface area contributed by atoms with Crippen LogP contribution in [0.5, 0.6) is 0 Å². The average molecular weight is 425 g/mol. The summed E-state index contributed by atoms with van der Waals surface area (Å²) in [6, 6.07) is 10.6. The molecule has 3 nitrogen and oxygen atoms in total. The molecule has 0 amide bonds. The van der Waals surface area contributed by atoms with E-state index in [2.05, 4.69) is 10.3 Å². The maximum absolute atomic E-state index is 14.6. The lowest BCUT2D eigenvalue weighted by Gasteiger charge is -2.20. The van der Waals surface area contributed by atoms with Crippen LogP contribution in [0.2, 0.25) is 5.02 Å². The van der Waals surface area contributed by atoms with Crippen LogP contribution in [0.25, 0.3) is 0 Å². The first-order valence-electron chi connectivity index (χ1n) is 8.35. The zero-order valence-electron chi connectivity index (χ0n) is 14.5. The quantitative estimate of drug-likeness (QED) is 0.496. The van der Waals surface area contributed by atoms with Crippen LogP contribution in [0.15, 0.2) is 59.6 Å². The maximum atomic E-state index is 14.6. The fourth-order valence-electron chi connectivity index (χ4n) is 2.60. The monoisotopic (exact) mass is 424 g/mol. The van der Waals surface area contributed by atoms with Crippen LogP contribution in [-0.4, -0.2) is 23.2 Å². The van der Waals surface area contributed by atoms with Crippen LogP contribution in [0, 0.1) is 17.5 Å². The second kappa shape index (κ2) is 9.32.